The lowest BCUT2D eigenvalue weighted by molar-refractivity contribution is -0.125. The first-order valence-corrected chi connectivity index (χ1v) is 9.54. The van der Waals surface area contributed by atoms with E-state index in [0.717, 1.165) is 23.3 Å². The first kappa shape index (κ1) is 19.0. The van der Waals surface area contributed by atoms with Crippen LogP contribution in [0.25, 0.3) is 5.57 Å². The Bertz CT molecular complexity index is 1060. The summed E-state index contributed by atoms with van der Waals surface area (Å²) in [4.78, 5) is 40.1. The van der Waals surface area contributed by atoms with Gasteiger partial charge in [0, 0.05) is 49.9 Å². The van der Waals surface area contributed by atoms with E-state index in [1.54, 1.807) is 42.2 Å². The van der Waals surface area contributed by atoms with Crippen molar-refractivity contribution in [3.8, 4) is 0 Å². The molecule has 1 fully saturated rings. The van der Waals surface area contributed by atoms with Crippen LogP contribution in [-0.4, -0.2) is 38.4 Å². The van der Waals surface area contributed by atoms with E-state index in [4.69, 9.17) is 0 Å². The number of carbonyl (C=O) groups is 2. The summed E-state index contributed by atoms with van der Waals surface area (Å²) < 4.78 is 1.63. The largest absolute Gasteiger partial charge is 0.352 e. The lowest BCUT2D eigenvalue weighted by Gasteiger charge is -2.25. The highest BCUT2D eigenvalue weighted by atomic mass is 16.2. The molecule has 4 rings (SSSR count). The third-order valence-corrected chi connectivity index (χ3v) is 5.75. The highest BCUT2D eigenvalue weighted by molar-refractivity contribution is 6.04. The van der Waals surface area contributed by atoms with Crippen molar-refractivity contribution in [1.29, 1.82) is 0 Å². The Labute approximate surface area is 169 Å². The van der Waals surface area contributed by atoms with Crippen LogP contribution < -0.4 is 10.2 Å². The molecule has 2 aromatic rings. The molecule has 0 saturated carbocycles. The summed E-state index contributed by atoms with van der Waals surface area (Å²) in [6.07, 6.45) is 10.2. The second-order valence-corrected chi connectivity index (χ2v) is 8.01. The van der Waals surface area contributed by atoms with Crippen LogP contribution in [0.1, 0.15) is 42.3 Å². The molecule has 1 atom stereocenters. The van der Waals surface area contributed by atoms with Gasteiger partial charge in [-0.2, -0.15) is 0 Å². The number of hydrogen-bond acceptors (Lipinski definition) is 5. The van der Waals surface area contributed by atoms with E-state index in [-0.39, 0.29) is 23.6 Å². The first-order valence-electron chi connectivity index (χ1n) is 9.54. The van der Waals surface area contributed by atoms with E-state index in [2.05, 4.69) is 26.3 Å². The summed E-state index contributed by atoms with van der Waals surface area (Å²) in [6, 6.07) is 0. The van der Waals surface area contributed by atoms with E-state index in [1.807, 2.05) is 26.8 Å². The van der Waals surface area contributed by atoms with Crippen molar-refractivity contribution in [1.82, 2.24) is 24.8 Å². The number of hydrogen-bond donors (Lipinski definition) is 1. The lowest BCUT2D eigenvalue weighted by Crippen LogP contribution is -2.31. The van der Waals surface area contributed by atoms with Crippen molar-refractivity contribution in [2.24, 2.45) is 18.4 Å². The molecule has 2 aromatic heterocycles. The van der Waals surface area contributed by atoms with E-state index < -0.39 is 5.41 Å². The molecular weight excluding hydrogens is 368 g/mol. The Kier molecular flexibility index (Phi) is 4.37. The number of fused-ring (bicyclic) bond motifs is 1. The summed E-state index contributed by atoms with van der Waals surface area (Å²) in [6.45, 7) is 5.77. The summed E-state index contributed by atoms with van der Waals surface area (Å²) >= 11 is 0. The van der Waals surface area contributed by atoms with Gasteiger partial charge >= 0.3 is 0 Å². The molecule has 1 unspecified atom stereocenters. The fraction of sp³-hybridized carbons (Fsp3) is 0.381. The number of aromatic nitrogens is 4. The SMILES string of the molecule is CNC(=O)c1nc(N2C(=O)C(C)(C)C3CC=C(c4cnc(C)nc4)C=C32)cn1C. The van der Waals surface area contributed by atoms with Gasteiger partial charge in [0.05, 0.1) is 5.41 Å². The predicted molar refractivity (Wildman–Crippen MR) is 109 cm³/mol. The summed E-state index contributed by atoms with van der Waals surface area (Å²) in [7, 11) is 3.30. The molecule has 29 heavy (non-hydrogen) atoms. The number of anilines is 1. The molecule has 0 spiro atoms. The van der Waals surface area contributed by atoms with Gasteiger partial charge in [-0.05, 0) is 25.0 Å². The van der Waals surface area contributed by atoms with Crippen LogP contribution in [0, 0.1) is 18.3 Å². The minimum Gasteiger partial charge on any atom is -0.352 e. The number of rotatable bonds is 3. The number of aryl methyl sites for hydroxylation is 2. The third kappa shape index (κ3) is 2.95. The van der Waals surface area contributed by atoms with Crippen molar-refractivity contribution < 1.29 is 9.59 Å². The molecule has 3 heterocycles. The molecule has 0 bridgehead atoms. The van der Waals surface area contributed by atoms with Crippen molar-refractivity contribution >= 4 is 23.2 Å². The molecule has 2 aliphatic rings. The van der Waals surface area contributed by atoms with Gasteiger partial charge in [-0.1, -0.05) is 19.9 Å². The van der Waals surface area contributed by atoms with Crippen LogP contribution in [-0.2, 0) is 11.8 Å². The van der Waals surface area contributed by atoms with Crippen LogP contribution in [0.5, 0.6) is 0 Å². The highest BCUT2D eigenvalue weighted by Crippen LogP contribution is 2.50. The minimum absolute atomic E-state index is 0.0230. The predicted octanol–water partition coefficient (Wildman–Crippen LogP) is 2.24. The average Bonchev–Trinajstić information content (AvgIpc) is 3.17. The van der Waals surface area contributed by atoms with Crippen LogP contribution >= 0.6 is 0 Å². The number of nitrogens with one attached hydrogen (secondary N) is 1. The maximum Gasteiger partial charge on any atom is 0.287 e. The maximum atomic E-state index is 13.3. The number of carbonyl (C=O) groups excluding carboxylic acids is 2. The fourth-order valence-electron chi connectivity index (χ4n) is 3.98. The molecule has 0 aromatic carbocycles. The van der Waals surface area contributed by atoms with Crippen LogP contribution in [0.2, 0.25) is 0 Å². The molecular formula is C21H24N6O2. The zero-order chi connectivity index (χ0) is 20.9. The maximum absolute atomic E-state index is 13.3. The number of allylic oxidation sites excluding steroid dienone is 4. The fourth-order valence-corrected chi connectivity index (χ4v) is 3.98. The summed E-state index contributed by atoms with van der Waals surface area (Å²) in [5.41, 5.74) is 2.21. The van der Waals surface area contributed by atoms with Gasteiger partial charge < -0.3 is 9.88 Å². The molecule has 8 nitrogen and oxygen atoms in total. The van der Waals surface area contributed by atoms with E-state index in [1.165, 1.54) is 0 Å². The number of nitrogens with zero attached hydrogens (tertiary/aromatic N) is 5. The van der Waals surface area contributed by atoms with Gasteiger partial charge in [-0.25, -0.2) is 15.0 Å². The average molecular weight is 392 g/mol. The van der Waals surface area contributed by atoms with Crippen molar-refractivity contribution in [3.63, 3.8) is 0 Å². The second-order valence-electron chi connectivity index (χ2n) is 8.01. The highest BCUT2D eigenvalue weighted by Gasteiger charge is 2.52. The molecule has 0 radical (unpaired) electrons. The van der Waals surface area contributed by atoms with Gasteiger partial charge in [0.25, 0.3) is 5.91 Å². The summed E-state index contributed by atoms with van der Waals surface area (Å²) in [5, 5.41) is 2.58. The van der Waals surface area contributed by atoms with Gasteiger partial charge in [0.15, 0.2) is 5.82 Å². The van der Waals surface area contributed by atoms with Crippen LogP contribution in [0.3, 0.4) is 0 Å². The van der Waals surface area contributed by atoms with Gasteiger partial charge in [0.2, 0.25) is 11.7 Å². The Morgan fingerprint density at radius 3 is 2.62 bits per heavy atom. The zero-order valence-electron chi connectivity index (χ0n) is 17.2. The number of imidazole rings is 1. The van der Waals surface area contributed by atoms with Crippen molar-refractivity contribution in [2.75, 3.05) is 11.9 Å². The quantitative estimate of drug-likeness (QED) is 0.865. The molecule has 150 valence electrons. The van der Waals surface area contributed by atoms with E-state index >= 15 is 0 Å². The lowest BCUT2D eigenvalue weighted by atomic mass is 9.75. The Hall–Kier alpha value is -3.29. The van der Waals surface area contributed by atoms with Crippen LogP contribution in [0.15, 0.2) is 36.4 Å². The molecule has 1 N–H and O–H groups in total. The third-order valence-electron chi connectivity index (χ3n) is 5.75. The topological polar surface area (TPSA) is 93.0 Å². The van der Waals surface area contributed by atoms with Crippen LogP contribution in [0.4, 0.5) is 5.82 Å². The second kappa shape index (κ2) is 6.65. The van der Waals surface area contributed by atoms with Gasteiger partial charge in [-0.3, -0.25) is 14.5 Å². The smallest absolute Gasteiger partial charge is 0.287 e. The molecule has 2 amide bonds. The Balaban J connectivity index is 1.79. The first-order chi connectivity index (χ1) is 13.7. The normalized spacial score (nSPS) is 20.2. The van der Waals surface area contributed by atoms with Crippen molar-refractivity contribution in [3.05, 3.63) is 53.7 Å². The molecule has 1 saturated heterocycles. The molecule has 8 heteroatoms. The van der Waals surface area contributed by atoms with Gasteiger partial charge in [0.1, 0.15) is 5.82 Å². The van der Waals surface area contributed by atoms with E-state index in [9.17, 15) is 9.59 Å². The van der Waals surface area contributed by atoms with Gasteiger partial charge in [-0.15, -0.1) is 0 Å². The summed E-state index contributed by atoms with van der Waals surface area (Å²) in [5.74, 6) is 1.15. The monoisotopic (exact) mass is 392 g/mol. The molecule has 1 aliphatic heterocycles. The zero-order valence-corrected chi connectivity index (χ0v) is 17.2. The Morgan fingerprint density at radius 2 is 1.97 bits per heavy atom. The van der Waals surface area contributed by atoms with Crippen molar-refractivity contribution in [2.45, 2.75) is 27.2 Å². The number of amides is 2. The minimum atomic E-state index is -0.567. The Morgan fingerprint density at radius 1 is 1.28 bits per heavy atom. The molecule has 1 aliphatic carbocycles. The standard InChI is InChI=1S/C21H24N6O2/c1-12-23-9-14(10-24-12)13-6-7-15-16(8-13)27(20(29)21(15,2)3)17-11-26(5)18(25-17)19(28)22-4/h6,8-11,15H,7H2,1-5H3,(H,22,28). The van der Waals surface area contributed by atoms with E-state index in [0.29, 0.717) is 11.6 Å².